The molecule has 0 aliphatic rings. The maximum absolute atomic E-state index is 11.1. The Morgan fingerprint density at radius 1 is 1.36 bits per heavy atom. The summed E-state index contributed by atoms with van der Waals surface area (Å²) in [7, 11) is 0. The molecule has 0 N–H and O–H groups in total. The van der Waals surface area contributed by atoms with Crippen LogP contribution in [0.3, 0.4) is 0 Å². The largest absolute Gasteiger partial charge is 0.431 e. The highest BCUT2D eigenvalue weighted by atomic mass is 16.5. The highest BCUT2D eigenvalue weighted by molar-refractivity contribution is 5.87. The number of carbonyl (C=O) groups excluding carboxylic acids is 1. The maximum Gasteiger partial charge on any atom is 0.338 e. The van der Waals surface area contributed by atoms with Crippen molar-refractivity contribution in [1.82, 2.24) is 0 Å². The lowest BCUT2D eigenvalue weighted by atomic mass is 10.2. The average molecular weight is 196 g/mol. The molecule has 0 radical (unpaired) electrons. The first-order chi connectivity index (χ1) is 6.72. The summed E-state index contributed by atoms with van der Waals surface area (Å²) < 4.78 is 4.89. The van der Waals surface area contributed by atoms with E-state index in [0.717, 1.165) is 12.8 Å². The van der Waals surface area contributed by atoms with E-state index in [0.29, 0.717) is 5.57 Å². The number of hydrogen-bond donors (Lipinski definition) is 0. The van der Waals surface area contributed by atoms with Gasteiger partial charge in [-0.3, -0.25) is 0 Å². The Balaban J connectivity index is 3.57. The molecule has 0 saturated heterocycles. The van der Waals surface area contributed by atoms with Gasteiger partial charge in [-0.1, -0.05) is 25.8 Å². The Morgan fingerprint density at radius 3 is 2.64 bits per heavy atom. The number of ether oxygens (including phenoxy) is 1. The van der Waals surface area contributed by atoms with E-state index >= 15 is 0 Å². The summed E-state index contributed by atoms with van der Waals surface area (Å²) in [5.74, 6) is -0.265. The first-order valence-electron chi connectivity index (χ1n) is 5.21. The first-order valence-corrected chi connectivity index (χ1v) is 5.21. The van der Waals surface area contributed by atoms with Gasteiger partial charge in [0.1, 0.15) is 0 Å². The van der Waals surface area contributed by atoms with Gasteiger partial charge in [0.25, 0.3) is 0 Å². The van der Waals surface area contributed by atoms with Crippen molar-refractivity contribution in [2.45, 2.75) is 46.5 Å². The van der Waals surface area contributed by atoms with Crippen molar-refractivity contribution in [3.63, 3.8) is 0 Å². The highest BCUT2D eigenvalue weighted by Crippen LogP contribution is 2.01. The molecule has 14 heavy (non-hydrogen) atoms. The number of allylic oxidation sites excluding steroid dienone is 2. The summed E-state index contributed by atoms with van der Waals surface area (Å²) in [6.07, 6.45) is 9.72. The Hall–Kier alpha value is -1.05. The topological polar surface area (TPSA) is 26.3 Å². The van der Waals surface area contributed by atoms with Crippen LogP contribution in [0.5, 0.6) is 0 Å². The summed E-state index contributed by atoms with van der Waals surface area (Å²) in [4.78, 5) is 11.1. The molecule has 0 aliphatic heterocycles. The molecule has 0 unspecified atom stereocenters. The Bertz CT molecular complexity index is 214. The van der Waals surface area contributed by atoms with Gasteiger partial charge in [-0.05, 0) is 32.8 Å². The predicted molar refractivity (Wildman–Crippen MR) is 58.8 cm³/mol. The Morgan fingerprint density at radius 2 is 2.07 bits per heavy atom. The second-order valence-electron chi connectivity index (χ2n) is 3.24. The van der Waals surface area contributed by atoms with Crippen LogP contribution in [-0.2, 0) is 9.53 Å². The van der Waals surface area contributed by atoms with Gasteiger partial charge in [-0.15, -0.1) is 0 Å². The summed E-state index contributed by atoms with van der Waals surface area (Å²) in [5.41, 5.74) is 0.642. The zero-order chi connectivity index (χ0) is 10.8. The molecule has 2 nitrogen and oxygen atoms in total. The van der Waals surface area contributed by atoms with Crippen LogP contribution in [0.4, 0.5) is 0 Å². The van der Waals surface area contributed by atoms with Crippen LogP contribution < -0.4 is 0 Å². The van der Waals surface area contributed by atoms with E-state index in [1.54, 1.807) is 13.0 Å². The molecule has 0 spiro atoms. The van der Waals surface area contributed by atoms with E-state index in [4.69, 9.17) is 4.74 Å². The van der Waals surface area contributed by atoms with Gasteiger partial charge in [0.05, 0.1) is 6.26 Å². The summed E-state index contributed by atoms with van der Waals surface area (Å²) in [6, 6.07) is 0. The van der Waals surface area contributed by atoms with Crippen LogP contribution >= 0.6 is 0 Å². The van der Waals surface area contributed by atoms with Crippen LogP contribution in [0.15, 0.2) is 24.0 Å². The van der Waals surface area contributed by atoms with Gasteiger partial charge in [-0.2, -0.15) is 0 Å². The fourth-order valence-corrected chi connectivity index (χ4v) is 0.901. The number of rotatable bonds is 6. The third kappa shape index (κ3) is 6.46. The second kappa shape index (κ2) is 8.54. The van der Waals surface area contributed by atoms with Gasteiger partial charge in [0.2, 0.25) is 0 Å². The SMILES string of the molecule is C/C=C(\C)C(=O)O/C=C/CCCCC. The summed E-state index contributed by atoms with van der Waals surface area (Å²) >= 11 is 0. The van der Waals surface area contributed by atoms with Crippen molar-refractivity contribution in [1.29, 1.82) is 0 Å². The lowest BCUT2D eigenvalue weighted by Crippen LogP contribution is -2.00. The lowest BCUT2D eigenvalue weighted by molar-refractivity contribution is -0.133. The van der Waals surface area contributed by atoms with Crippen LogP contribution in [-0.4, -0.2) is 5.97 Å². The van der Waals surface area contributed by atoms with Crippen molar-refractivity contribution >= 4 is 5.97 Å². The monoisotopic (exact) mass is 196 g/mol. The standard InChI is InChI=1S/C12H20O2/c1-4-6-7-8-9-10-14-12(13)11(3)5-2/h5,9-10H,4,6-8H2,1-3H3/b10-9+,11-5+. The fraction of sp³-hybridized carbons (Fsp3) is 0.583. The molecule has 0 aromatic rings. The molecular formula is C12H20O2. The van der Waals surface area contributed by atoms with Gasteiger partial charge in [0.15, 0.2) is 0 Å². The number of esters is 1. The third-order valence-corrected chi connectivity index (χ3v) is 2.00. The van der Waals surface area contributed by atoms with Crippen molar-refractivity contribution in [2.75, 3.05) is 0 Å². The van der Waals surface area contributed by atoms with Crippen LogP contribution in [0.2, 0.25) is 0 Å². The minimum atomic E-state index is -0.265. The molecule has 80 valence electrons. The van der Waals surface area contributed by atoms with Gasteiger partial charge in [0, 0.05) is 5.57 Å². The normalized spacial score (nSPS) is 12.1. The summed E-state index contributed by atoms with van der Waals surface area (Å²) in [6.45, 7) is 5.73. The van der Waals surface area contributed by atoms with Crippen LogP contribution in [0.1, 0.15) is 46.5 Å². The quantitative estimate of drug-likeness (QED) is 0.281. The van der Waals surface area contributed by atoms with Crippen LogP contribution in [0, 0.1) is 0 Å². The zero-order valence-electron chi connectivity index (χ0n) is 9.38. The molecule has 0 saturated carbocycles. The lowest BCUT2D eigenvalue weighted by Gasteiger charge is -1.97. The van der Waals surface area contributed by atoms with E-state index in [-0.39, 0.29) is 5.97 Å². The molecule has 2 heteroatoms. The Kier molecular flexibility index (Phi) is 7.90. The molecule has 0 aliphatic carbocycles. The van der Waals surface area contributed by atoms with E-state index < -0.39 is 0 Å². The molecule has 0 aromatic heterocycles. The summed E-state index contributed by atoms with van der Waals surface area (Å²) in [5, 5.41) is 0. The third-order valence-electron chi connectivity index (χ3n) is 2.00. The Labute approximate surface area is 86.6 Å². The van der Waals surface area contributed by atoms with E-state index in [2.05, 4.69) is 6.92 Å². The fourth-order valence-electron chi connectivity index (χ4n) is 0.901. The van der Waals surface area contributed by atoms with Crippen molar-refractivity contribution in [2.24, 2.45) is 0 Å². The molecule has 0 aromatic carbocycles. The van der Waals surface area contributed by atoms with Gasteiger partial charge < -0.3 is 4.74 Å². The first kappa shape index (κ1) is 12.9. The predicted octanol–water partition coefficient (Wildman–Crippen LogP) is 3.59. The van der Waals surface area contributed by atoms with Crippen molar-refractivity contribution < 1.29 is 9.53 Å². The zero-order valence-corrected chi connectivity index (χ0v) is 9.38. The molecular weight excluding hydrogens is 176 g/mol. The molecule has 0 rings (SSSR count). The maximum atomic E-state index is 11.1. The number of carbonyl (C=O) groups is 1. The highest BCUT2D eigenvalue weighted by Gasteiger charge is 2.00. The second-order valence-corrected chi connectivity index (χ2v) is 3.24. The van der Waals surface area contributed by atoms with Crippen LogP contribution in [0.25, 0.3) is 0 Å². The number of hydrogen-bond acceptors (Lipinski definition) is 2. The molecule has 0 heterocycles. The molecule has 0 atom stereocenters. The minimum absolute atomic E-state index is 0.265. The van der Waals surface area contributed by atoms with E-state index in [1.165, 1.54) is 19.1 Å². The number of unbranched alkanes of at least 4 members (excludes halogenated alkanes) is 3. The minimum Gasteiger partial charge on any atom is -0.431 e. The van der Waals surface area contributed by atoms with Gasteiger partial charge >= 0.3 is 5.97 Å². The molecule has 0 fully saturated rings. The van der Waals surface area contributed by atoms with Crippen molar-refractivity contribution in [3.8, 4) is 0 Å². The molecule has 0 bridgehead atoms. The van der Waals surface area contributed by atoms with Crippen molar-refractivity contribution in [3.05, 3.63) is 24.0 Å². The molecule has 0 amide bonds. The van der Waals surface area contributed by atoms with E-state index in [1.807, 2.05) is 13.0 Å². The smallest absolute Gasteiger partial charge is 0.338 e. The average Bonchev–Trinajstić information content (AvgIpc) is 2.21. The van der Waals surface area contributed by atoms with Gasteiger partial charge in [-0.25, -0.2) is 4.79 Å². The van der Waals surface area contributed by atoms with E-state index in [9.17, 15) is 4.79 Å².